The molecule has 2 N–H and O–H groups in total. The first-order chi connectivity index (χ1) is 15.8. The van der Waals surface area contributed by atoms with E-state index in [1.54, 1.807) is 18.2 Å². The van der Waals surface area contributed by atoms with Crippen molar-refractivity contribution in [3.8, 4) is 22.5 Å². The maximum absolute atomic E-state index is 13.2. The molecule has 5 rings (SSSR count). The number of anilines is 1. The zero-order valence-corrected chi connectivity index (χ0v) is 19.5. The minimum absolute atomic E-state index is 0.220. The first-order valence-electron chi connectivity index (χ1n) is 10.0. The van der Waals surface area contributed by atoms with Crippen LogP contribution < -0.4 is 11.1 Å². The van der Waals surface area contributed by atoms with Gasteiger partial charge >= 0.3 is 5.76 Å². The van der Waals surface area contributed by atoms with Gasteiger partial charge in [-0.05, 0) is 49.7 Å². The van der Waals surface area contributed by atoms with Gasteiger partial charge in [0.25, 0.3) is 5.91 Å². The number of H-pyrrole nitrogens is 1. The third-order valence-electron chi connectivity index (χ3n) is 5.53. The molecule has 0 aliphatic carbocycles. The van der Waals surface area contributed by atoms with Crippen LogP contribution in [0.5, 0.6) is 0 Å². The van der Waals surface area contributed by atoms with Crippen LogP contribution in [0.3, 0.4) is 0 Å². The zero-order chi connectivity index (χ0) is 23.3. The fourth-order valence-electron chi connectivity index (χ4n) is 3.95. The van der Waals surface area contributed by atoms with Crippen LogP contribution in [-0.4, -0.2) is 25.8 Å². The van der Waals surface area contributed by atoms with Gasteiger partial charge in [-0.15, -0.1) is 0 Å². The molecule has 0 atom stereocenters. The predicted octanol–water partition coefficient (Wildman–Crippen LogP) is 4.81. The number of hydrogen-bond acceptors (Lipinski definition) is 6. The number of amides is 1. The molecule has 2 aromatic carbocycles. The van der Waals surface area contributed by atoms with Crippen molar-refractivity contribution in [1.82, 2.24) is 19.9 Å². The summed E-state index contributed by atoms with van der Waals surface area (Å²) in [7, 11) is 1.84. The van der Waals surface area contributed by atoms with E-state index >= 15 is 0 Å². The van der Waals surface area contributed by atoms with Gasteiger partial charge in [-0.2, -0.15) is 0 Å². The first-order valence-corrected chi connectivity index (χ1v) is 10.8. The number of benzene rings is 2. The summed E-state index contributed by atoms with van der Waals surface area (Å²) < 4.78 is 12.5. The Bertz CT molecular complexity index is 1570. The highest BCUT2D eigenvalue weighted by molar-refractivity contribution is 9.10. The van der Waals surface area contributed by atoms with Crippen molar-refractivity contribution in [2.45, 2.75) is 13.8 Å². The number of aryl methyl sites for hydroxylation is 3. The molecule has 0 aliphatic rings. The number of aromatic amines is 1. The van der Waals surface area contributed by atoms with Gasteiger partial charge in [0, 0.05) is 33.6 Å². The molecule has 0 aliphatic heterocycles. The van der Waals surface area contributed by atoms with E-state index in [4.69, 9.17) is 4.52 Å². The highest BCUT2D eigenvalue weighted by atomic mass is 79.9. The molecular formula is C23H18BrN5O4. The summed E-state index contributed by atoms with van der Waals surface area (Å²) in [5, 5.41) is 11.6. The summed E-state index contributed by atoms with van der Waals surface area (Å²) in [6.07, 6.45) is 0. The van der Waals surface area contributed by atoms with Crippen molar-refractivity contribution in [3.63, 3.8) is 0 Å². The Morgan fingerprint density at radius 3 is 2.61 bits per heavy atom. The minimum Gasteiger partial charge on any atom is -0.361 e. The molecule has 0 spiro atoms. The molecule has 3 heterocycles. The first kappa shape index (κ1) is 21.0. The molecule has 1 amide bonds. The third kappa shape index (κ3) is 3.68. The molecule has 9 nitrogen and oxygen atoms in total. The summed E-state index contributed by atoms with van der Waals surface area (Å²) in [4.78, 5) is 27.1. The largest absolute Gasteiger partial charge is 0.439 e. The number of hydrogen-bond donors (Lipinski definition) is 2. The Labute approximate surface area is 195 Å². The van der Waals surface area contributed by atoms with Crippen LogP contribution in [0, 0.1) is 13.8 Å². The second-order valence-electron chi connectivity index (χ2n) is 7.65. The molecule has 5 aromatic rings. The van der Waals surface area contributed by atoms with Crippen LogP contribution in [-0.2, 0) is 7.05 Å². The fraction of sp³-hybridized carbons (Fsp3) is 0.130. The Hall–Kier alpha value is -3.92. The lowest BCUT2D eigenvalue weighted by Gasteiger charge is -2.10. The van der Waals surface area contributed by atoms with Crippen LogP contribution >= 0.6 is 15.9 Å². The van der Waals surface area contributed by atoms with Crippen molar-refractivity contribution >= 4 is 38.4 Å². The molecule has 0 unspecified atom stereocenters. The van der Waals surface area contributed by atoms with Crippen LogP contribution in [0.15, 0.2) is 60.8 Å². The maximum Gasteiger partial charge on any atom is 0.439 e. The Morgan fingerprint density at radius 1 is 1.09 bits per heavy atom. The summed E-state index contributed by atoms with van der Waals surface area (Å²) >= 11 is 3.40. The van der Waals surface area contributed by atoms with Gasteiger partial charge in [-0.25, -0.2) is 4.79 Å². The molecular weight excluding hydrogens is 490 g/mol. The van der Waals surface area contributed by atoms with Crippen molar-refractivity contribution in [3.05, 3.63) is 74.6 Å². The number of carbonyl (C=O) groups excluding carboxylic acids is 1. The SMILES string of the molecule is Cc1noc(C)c1-c1ccc2cc(C(=O)Nc3ccc(Br)cc3-c3noc(=O)[nH]3)n(C)c2c1. The van der Waals surface area contributed by atoms with Crippen LogP contribution in [0.2, 0.25) is 0 Å². The minimum atomic E-state index is -0.676. The van der Waals surface area contributed by atoms with Gasteiger partial charge in [-0.1, -0.05) is 38.4 Å². The average molecular weight is 508 g/mol. The van der Waals surface area contributed by atoms with Gasteiger partial charge in [0.1, 0.15) is 11.5 Å². The van der Waals surface area contributed by atoms with E-state index in [0.717, 1.165) is 38.0 Å². The van der Waals surface area contributed by atoms with Crippen molar-refractivity contribution < 1.29 is 13.8 Å². The van der Waals surface area contributed by atoms with Gasteiger partial charge in [0.2, 0.25) is 0 Å². The Balaban J connectivity index is 1.52. The molecule has 0 saturated heterocycles. The maximum atomic E-state index is 13.2. The molecule has 33 heavy (non-hydrogen) atoms. The highest BCUT2D eigenvalue weighted by Crippen LogP contribution is 2.32. The molecule has 166 valence electrons. The smallest absolute Gasteiger partial charge is 0.361 e. The molecule has 0 bridgehead atoms. The standard InChI is InChI=1S/C23H18BrN5O4/c1-11-20(12(2)32-27-11)14-5-4-13-8-19(29(3)18(13)9-14)22(30)25-17-7-6-15(24)10-16(17)21-26-23(31)33-28-21/h4-10H,1-3H3,(H,25,30)(H,26,28,31). The van der Waals surface area contributed by atoms with Crippen molar-refractivity contribution in [2.75, 3.05) is 5.32 Å². The van der Waals surface area contributed by atoms with E-state index in [0.29, 0.717) is 16.9 Å². The summed E-state index contributed by atoms with van der Waals surface area (Å²) in [6, 6.07) is 13.1. The molecule has 0 fully saturated rings. The van der Waals surface area contributed by atoms with E-state index in [9.17, 15) is 9.59 Å². The lowest BCUT2D eigenvalue weighted by Crippen LogP contribution is -2.16. The number of aromatic nitrogens is 4. The van der Waals surface area contributed by atoms with E-state index in [1.165, 1.54) is 0 Å². The van der Waals surface area contributed by atoms with Crippen LogP contribution in [0.1, 0.15) is 21.9 Å². The molecule has 3 aromatic heterocycles. The lowest BCUT2D eigenvalue weighted by molar-refractivity contribution is 0.102. The number of halogens is 1. The molecule has 0 radical (unpaired) electrons. The number of carbonyl (C=O) groups is 1. The van der Waals surface area contributed by atoms with Gasteiger partial charge in [0.15, 0.2) is 5.82 Å². The number of rotatable bonds is 4. The quantitative estimate of drug-likeness (QED) is 0.360. The predicted molar refractivity (Wildman–Crippen MR) is 126 cm³/mol. The van der Waals surface area contributed by atoms with Crippen molar-refractivity contribution in [2.24, 2.45) is 7.05 Å². The Morgan fingerprint density at radius 2 is 1.91 bits per heavy atom. The second-order valence-corrected chi connectivity index (χ2v) is 8.56. The van der Waals surface area contributed by atoms with E-state index in [2.05, 4.69) is 41.1 Å². The van der Waals surface area contributed by atoms with Gasteiger partial charge in [-0.3, -0.25) is 14.3 Å². The second kappa shape index (κ2) is 7.89. The molecule has 10 heteroatoms. The topological polar surface area (TPSA) is 119 Å². The molecule has 0 saturated carbocycles. The number of nitrogens with zero attached hydrogens (tertiary/aromatic N) is 3. The summed E-state index contributed by atoms with van der Waals surface area (Å²) in [6.45, 7) is 3.78. The number of fused-ring (bicyclic) bond motifs is 1. The van der Waals surface area contributed by atoms with Gasteiger partial charge < -0.3 is 14.4 Å². The van der Waals surface area contributed by atoms with Crippen molar-refractivity contribution in [1.29, 1.82) is 0 Å². The number of nitrogens with one attached hydrogen (secondary N) is 2. The van der Waals surface area contributed by atoms with Crippen LogP contribution in [0.4, 0.5) is 5.69 Å². The Kier molecular flexibility index (Phi) is 5.01. The lowest BCUT2D eigenvalue weighted by atomic mass is 10.0. The van der Waals surface area contributed by atoms with E-state index in [1.807, 2.05) is 49.7 Å². The zero-order valence-electron chi connectivity index (χ0n) is 17.9. The third-order valence-corrected chi connectivity index (χ3v) is 6.02. The highest BCUT2D eigenvalue weighted by Gasteiger charge is 2.19. The summed E-state index contributed by atoms with van der Waals surface area (Å²) in [5.41, 5.74) is 5.10. The van der Waals surface area contributed by atoms with E-state index in [-0.39, 0.29) is 11.7 Å². The van der Waals surface area contributed by atoms with Gasteiger partial charge in [0.05, 0.1) is 11.4 Å². The fourth-order valence-corrected chi connectivity index (χ4v) is 4.31. The summed E-state index contributed by atoms with van der Waals surface area (Å²) in [5.74, 6) is -0.0162. The van der Waals surface area contributed by atoms with Crippen LogP contribution in [0.25, 0.3) is 33.4 Å². The van der Waals surface area contributed by atoms with E-state index < -0.39 is 5.76 Å². The monoisotopic (exact) mass is 507 g/mol. The normalized spacial score (nSPS) is 11.3. The average Bonchev–Trinajstić information content (AvgIpc) is 3.46.